The van der Waals surface area contributed by atoms with Gasteiger partial charge in [-0.25, -0.2) is 4.98 Å². The van der Waals surface area contributed by atoms with Crippen molar-refractivity contribution in [2.24, 2.45) is 0 Å². The highest BCUT2D eigenvalue weighted by atomic mass is 32.1. The van der Waals surface area contributed by atoms with Crippen molar-refractivity contribution in [2.45, 2.75) is 32.7 Å². The Bertz CT molecular complexity index is 693. The second-order valence-corrected chi connectivity index (χ2v) is 6.68. The molecule has 0 bridgehead atoms. The molecule has 126 valence electrons. The lowest BCUT2D eigenvalue weighted by Gasteiger charge is -2.20. The van der Waals surface area contributed by atoms with Gasteiger partial charge in [-0.3, -0.25) is 0 Å². The molecule has 1 fully saturated rings. The van der Waals surface area contributed by atoms with Crippen LogP contribution in [0.4, 0.5) is 11.5 Å². The van der Waals surface area contributed by atoms with Crippen molar-refractivity contribution in [1.29, 1.82) is 0 Å². The van der Waals surface area contributed by atoms with Gasteiger partial charge in [-0.2, -0.15) is 0 Å². The van der Waals surface area contributed by atoms with Crippen molar-refractivity contribution < 1.29 is 0 Å². The molecule has 3 rings (SSSR count). The van der Waals surface area contributed by atoms with Crippen molar-refractivity contribution >= 4 is 28.8 Å². The topological polar surface area (TPSA) is 40.2 Å². The molecule has 1 aliphatic rings. The quantitative estimate of drug-likeness (QED) is 0.822. The standard InChI is InChI=1S/C19H24N4S/c1-14-6-5-7-18(20-14)22-19(24)21-15(2)16-8-10-17(11-9-16)23-12-3-4-13-23/h5-11,15H,3-4,12-13H2,1-2H3,(H2,20,21,22,24)/t15-/m1/s1. The van der Waals surface area contributed by atoms with Crippen LogP contribution in [0.3, 0.4) is 0 Å². The van der Waals surface area contributed by atoms with E-state index >= 15 is 0 Å². The minimum atomic E-state index is 0.141. The molecule has 2 aromatic rings. The number of hydrogen-bond donors (Lipinski definition) is 2. The number of pyridine rings is 1. The van der Waals surface area contributed by atoms with Gasteiger partial charge >= 0.3 is 0 Å². The van der Waals surface area contributed by atoms with Gasteiger partial charge in [0, 0.05) is 24.5 Å². The number of aryl methyl sites for hydroxylation is 1. The Morgan fingerprint density at radius 1 is 1.12 bits per heavy atom. The molecule has 1 aromatic carbocycles. The largest absolute Gasteiger partial charge is 0.372 e. The Balaban J connectivity index is 1.57. The number of anilines is 2. The Labute approximate surface area is 149 Å². The summed E-state index contributed by atoms with van der Waals surface area (Å²) in [5.41, 5.74) is 3.50. The highest BCUT2D eigenvalue weighted by Crippen LogP contribution is 2.22. The van der Waals surface area contributed by atoms with Gasteiger partial charge in [-0.15, -0.1) is 0 Å². The summed E-state index contributed by atoms with van der Waals surface area (Å²) >= 11 is 5.40. The zero-order chi connectivity index (χ0) is 16.9. The third-order valence-electron chi connectivity index (χ3n) is 4.34. The first-order chi connectivity index (χ1) is 11.6. The van der Waals surface area contributed by atoms with Crippen molar-refractivity contribution in [3.8, 4) is 0 Å². The summed E-state index contributed by atoms with van der Waals surface area (Å²) in [5, 5.41) is 7.05. The van der Waals surface area contributed by atoms with E-state index in [2.05, 4.69) is 51.7 Å². The Hall–Kier alpha value is -2.14. The van der Waals surface area contributed by atoms with E-state index in [9.17, 15) is 0 Å². The maximum absolute atomic E-state index is 5.40. The number of nitrogens with zero attached hydrogens (tertiary/aromatic N) is 2. The van der Waals surface area contributed by atoms with Gasteiger partial charge < -0.3 is 15.5 Å². The van der Waals surface area contributed by atoms with Crippen molar-refractivity contribution in [3.05, 3.63) is 53.7 Å². The maximum Gasteiger partial charge on any atom is 0.172 e. The first-order valence-corrected chi connectivity index (χ1v) is 8.89. The van der Waals surface area contributed by atoms with Crippen LogP contribution in [0.2, 0.25) is 0 Å². The molecule has 0 saturated carbocycles. The molecule has 0 unspecified atom stereocenters. The Kier molecular flexibility index (Phi) is 5.30. The van der Waals surface area contributed by atoms with Crippen molar-refractivity contribution in [3.63, 3.8) is 0 Å². The minimum Gasteiger partial charge on any atom is -0.372 e. The second-order valence-electron chi connectivity index (χ2n) is 6.27. The highest BCUT2D eigenvalue weighted by molar-refractivity contribution is 7.80. The minimum absolute atomic E-state index is 0.141. The summed E-state index contributed by atoms with van der Waals surface area (Å²) in [6.07, 6.45) is 2.60. The van der Waals surface area contributed by atoms with Crippen LogP contribution in [0.15, 0.2) is 42.5 Å². The molecule has 24 heavy (non-hydrogen) atoms. The predicted molar refractivity (Wildman–Crippen MR) is 105 cm³/mol. The normalized spacial score (nSPS) is 15.2. The van der Waals surface area contributed by atoms with Crippen LogP contribution in [0.5, 0.6) is 0 Å². The molecule has 4 nitrogen and oxygen atoms in total. The smallest absolute Gasteiger partial charge is 0.172 e. The summed E-state index contributed by atoms with van der Waals surface area (Å²) in [5.74, 6) is 0.768. The van der Waals surface area contributed by atoms with E-state index in [0.29, 0.717) is 5.11 Å². The van der Waals surface area contributed by atoms with Crippen molar-refractivity contribution in [1.82, 2.24) is 10.3 Å². The number of rotatable bonds is 4. The SMILES string of the molecule is Cc1cccc(NC(=S)N[C@H](C)c2ccc(N3CCCC3)cc2)n1. The van der Waals surface area contributed by atoms with E-state index in [-0.39, 0.29) is 6.04 Å². The first kappa shape index (κ1) is 16.7. The molecule has 0 spiro atoms. The van der Waals surface area contributed by atoms with Crippen LogP contribution in [-0.2, 0) is 0 Å². The molecular weight excluding hydrogens is 316 g/mol. The number of hydrogen-bond acceptors (Lipinski definition) is 3. The van der Waals surface area contributed by atoms with Gasteiger partial charge in [-0.05, 0) is 68.7 Å². The molecule has 1 aliphatic heterocycles. The number of aromatic nitrogens is 1. The van der Waals surface area contributed by atoms with Gasteiger partial charge in [0.2, 0.25) is 0 Å². The van der Waals surface area contributed by atoms with Gasteiger partial charge in [0.25, 0.3) is 0 Å². The molecular formula is C19H24N4S. The molecule has 2 N–H and O–H groups in total. The second kappa shape index (κ2) is 7.62. The van der Waals surface area contributed by atoms with E-state index in [0.717, 1.165) is 11.5 Å². The van der Waals surface area contributed by atoms with E-state index in [1.165, 1.54) is 37.2 Å². The molecule has 0 aliphatic carbocycles. The Morgan fingerprint density at radius 2 is 1.83 bits per heavy atom. The van der Waals surface area contributed by atoms with Crippen LogP contribution in [-0.4, -0.2) is 23.2 Å². The molecule has 5 heteroatoms. The zero-order valence-corrected chi connectivity index (χ0v) is 15.1. The summed E-state index contributed by atoms with van der Waals surface area (Å²) < 4.78 is 0. The number of benzene rings is 1. The van der Waals surface area contributed by atoms with E-state index in [1.807, 2.05) is 25.1 Å². The summed E-state index contributed by atoms with van der Waals surface area (Å²) in [6.45, 7) is 6.42. The zero-order valence-electron chi connectivity index (χ0n) is 14.2. The molecule has 0 radical (unpaired) electrons. The number of thiocarbonyl (C=S) groups is 1. The van der Waals surface area contributed by atoms with Crippen LogP contribution in [0.25, 0.3) is 0 Å². The lowest BCUT2D eigenvalue weighted by molar-refractivity contribution is 0.722. The Morgan fingerprint density at radius 3 is 2.50 bits per heavy atom. The van der Waals surface area contributed by atoms with Gasteiger partial charge in [0.15, 0.2) is 5.11 Å². The van der Waals surface area contributed by atoms with Gasteiger partial charge in [-0.1, -0.05) is 18.2 Å². The molecule has 1 atom stereocenters. The van der Waals surface area contributed by atoms with Crippen LogP contribution < -0.4 is 15.5 Å². The lowest BCUT2D eigenvalue weighted by atomic mass is 10.1. The van der Waals surface area contributed by atoms with E-state index in [4.69, 9.17) is 12.2 Å². The first-order valence-electron chi connectivity index (χ1n) is 8.48. The summed E-state index contributed by atoms with van der Waals surface area (Å²) in [4.78, 5) is 6.85. The van der Waals surface area contributed by atoms with Crippen LogP contribution in [0, 0.1) is 6.92 Å². The molecule has 2 heterocycles. The monoisotopic (exact) mass is 340 g/mol. The predicted octanol–water partition coefficient (Wildman–Crippen LogP) is 4.04. The molecule has 1 aromatic heterocycles. The third-order valence-corrected chi connectivity index (χ3v) is 4.56. The fourth-order valence-corrected chi connectivity index (χ4v) is 3.28. The molecule has 1 saturated heterocycles. The third kappa shape index (κ3) is 4.23. The fourth-order valence-electron chi connectivity index (χ4n) is 2.99. The maximum atomic E-state index is 5.40. The van der Waals surface area contributed by atoms with E-state index in [1.54, 1.807) is 0 Å². The van der Waals surface area contributed by atoms with Crippen LogP contribution >= 0.6 is 12.2 Å². The highest BCUT2D eigenvalue weighted by Gasteiger charge is 2.13. The average Bonchev–Trinajstić information content (AvgIpc) is 3.09. The van der Waals surface area contributed by atoms with Gasteiger partial charge in [0.05, 0.1) is 6.04 Å². The lowest BCUT2D eigenvalue weighted by Crippen LogP contribution is -2.31. The average molecular weight is 340 g/mol. The molecule has 0 amide bonds. The summed E-state index contributed by atoms with van der Waals surface area (Å²) in [7, 11) is 0. The fraction of sp³-hybridized carbons (Fsp3) is 0.368. The summed E-state index contributed by atoms with van der Waals surface area (Å²) in [6, 6.07) is 14.8. The van der Waals surface area contributed by atoms with Crippen LogP contribution in [0.1, 0.15) is 37.1 Å². The van der Waals surface area contributed by atoms with Crippen molar-refractivity contribution in [2.75, 3.05) is 23.3 Å². The van der Waals surface area contributed by atoms with E-state index < -0.39 is 0 Å². The number of nitrogens with one attached hydrogen (secondary N) is 2. The van der Waals surface area contributed by atoms with Gasteiger partial charge in [0.1, 0.15) is 5.82 Å².